The number of amides is 2. The lowest BCUT2D eigenvalue weighted by Gasteiger charge is -2.24. The van der Waals surface area contributed by atoms with Crippen molar-refractivity contribution in [3.05, 3.63) is 24.3 Å². The predicted octanol–water partition coefficient (Wildman–Crippen LogP) is 3.03. The molecule has 30 heavy (non-hydrogen) atoms. The minimum Gasteiger partial charge on any atom is -0.339 e. The van der Waals surface area contributed by atoms with Crippen LogP contribution in [0.25, 0.3) is 0 Å². The summed E-state index contributed by atoms with van der Waals surface area (Å²) in [5.41, 5.74) is 0.545. The number of carbonyl (C=O) groups excluding carboxylic acids is 2. The molecule has 4 rings (SSSR count). The molecule has 1 aromatic carbocycles. The van der Waals surface area contributed by atoms with E-state index in [4.69, 9.17) is 0 Å². The molecule has 3 aliphatic rings. The van der Waals surface area contributed by atoms with Crippen LogP contribution < -0.4 is 10.0 Å². The van der Waals surface area contributed by atoms with Crippen molar-refractivity contribution < 1.29 is 18.0 Å². The van der Waals surface area contributed by atoms with Gasteiger partial charge >= 0.3 is 0 Å². The standard InChI is InChI=1S/C22H31N3O4S/c26-21-14-16(15-25(21)19-8-4-5-9-19)22(27)23-17-10-12-20(13-11-17)30(28,29)24-18-6-2-1-3-7-18/h10-13,16,18-19,24H,1-9,14-15H2,(H,23,27)/t16-/m0/s1. The van der Waals surface area contributed by atoms with Crippen molar-refractivity contribution in [1.29, 1.82) is 0 Å². The van der Waals surface area contributed by atoms with E-state index in [1.165, 1.54) is 12.1 Å². The molecule has 2 N–H and O–H groups in total. The molecule has 0 radical (unpaired) electrons. The highest BCUT2D eigenvalue weighted by molar-refractivity contribution is 7.89. The summed E-state index contributed by atoms with van der Waals surface area (Å²) in [5, 5.41) is 2.84. The van der Waals surface area contributed by atoms with Crippen molar-refractivity contribution >= 4 is 27.5 Å². The molecule has 1 saturated heterocycles. The van der Waals surface area contributed by atoms with Crippen molar-refractivity contribution in [2.45, 2.75) is 81.2 Å². The molecule has 1 aromatic rings. The second-order valence-corrected chi connectivity index (χ2v) is 10.6. The van der Waals surface area contributed by atoms with Gasteiger partial charge in [-0.2, -0.15) is 0 Å². The van der Waals surface area contributed by atoms with Crippen molar-refractivity contribution in [3.63, 3.8) is 0 Å². The lowest BCUT2D eigenvalue weighted by molar-refractivity contribution is -0.129. The topological polar surface area (TPSA) is 95.6 Å². The summed E-state index contributed by atoms with van der Waals surface area (Å²) in [5.74, 6) is -0.466. The molecule has 7 nitrogen and oxygen atoms in total. The van der Waals surface area contributed by atoms with Gasteiger partial charge in [-0.05, 0) is 49.9 Å². The molecule has 0 spiro atoms. The van der Waals surface area contributed by atoms with Gasteiger partial charge in [-0.1, -0.05) is 32.1 Å². The minimum atomic E-state index is -3.56. The average Bonchev–Trinajstić information content (AvgIpc) is 3.38. The fraction of sp³-hybridized carbons (Fsp3) is 0.636. The molecule has 0 unspecified atom stereocenters. The maximum absolute atomic E-state index is 12.6. The normalized spacial score (nSPS) is 23.8. The number of hydrogen-bond donors (Lipinski definition) is 2. The zero-order valence-electron chi connectivity index (χ0n) is 17.3. The van der Waals surface area contributed by atoms with Gasteiger partial charge in [-0.15, -0.1) is 0 Å². The lowest BCUT2D eigenvalue weighted by atomic mass is 9.96. The fourth-order valence-electron chi connectivity index (χ4n) is 4.95. The number of nitrogens with zero attached hydrogens (tertiary/aromatic N) is 1. The van der Waals surface area contributed by atoms with E-state index in [1.807, 2.05) is 4.90 Å². The zero-order valence-corrected chi connectivity index (χ0v) is 18.1. The summed E-state index contributed by atoms with van der Waals surface area (Å²) < 4.78 is 28.0. The summed E-state index contributed by atoms with van der Waals surface area (Å²) in [6, 6.07) is 6.55. The first-order valence-electron chi connectivity index (χ1n) is 11.1. The number of hydrogen-bond acceptors (Lipinski definition) is 4. The fourth-order valence-corrected chi connectivity index (χ4v) is 6.25. The number of rotatable bonds is 6. The van der Waals surface area contributed by atoms with Crippen LogP contribution in [0.1, 0.15) is 64.2 Å². The Hall–Kier alpha value is -1.93. The first kappa shape index (κ1) is 21.3. The van der Waals surface area contributed by atoms with Crippen molar-refractivity contribution in [2.75, 3.05) is 11.9 Å². The predicted molar refractivity (Wildman–Crippen MR) is 114 cm³/mol. The number of carbonyl (C=O) groups is 2. The van der Waals surface area contributed by atoms with Crippen molar-refractivity contribution in [3.8, 4) is 0 Å². The SMILES string of the molecule is O=C(Nc1ccc(S(=O)(=O)NC2CCCCC2)cc1)[C@H]1CC(=O)N(C2CCCC2)C1. The molecule has 0 bridgehead atoms. The summed E-state index contributed by atoms with van der Waals surface area (Å²) in [6.07, 6.45) is 9.65. The second kappa shape index (κ2) is 9.06. The molecule has 1 heterocycles. The Labute approximate surface area is 178 Å². The van der Waals surface area contributed by atoms with Gasteiger partial charge < -0.3 is 10.2 Å². The Bertz CT molecular complexity index is 872. The Balaban J connectivity index is 1.34. The molecule has 2 saturated carbocycles. The third kappa shape index (κ3) is 4.86. The summed E-state index contributed by atoms with van der Waals surface area (Å²) in [7, 11) is -3.56. The van der Waals surface area contributed by atoms with E-state index in [9.17, 15) is 18.0 Å². The maximum Gasteiger partial charge on any atom is 0.240 e. The number of nitrogens with one attached hydrogen (secondary N) is 2. The largest absolute Gasteiger partial charge is 0.339 e. The number of sulfonamides is 1. The van der Waals surface area contributed by atoms with Crippen molar-refractivity contribution in [1.82, 2.24) is 9.62 Å². The van der Waals surface area contributed by atoms with Gasteiger partial charge in [0.2, 0.25) is 21.8 Å². The van der Waals surface area contributed by atoms with Crippen LogP contribution >= 0.6 is 0 Å². The zero-order chi connectivity index (χ0) is 21.1. The van der Waals surface area contributed by atoms with Gasteiger partial charge in [0.25, 0.3) is 0 Å². The molecular formula is C22H31N3O4S. The van der Waals surface area contributed by atoms with Gasteiger partial charge in [-0.3, -0.25) is 9.59 Å². The Morgan fingerprint density at radius 1 is 0.933 bits per heavy atom. The summed E-state index contributed by atoms with van der Waals surface area (Å²) in [6.45, 7) is 0.479. The van der Waals surface area contributed by atoms with E-state index in [-0.39, 0.29) is 41.1 Å². The molecule has 2 aliphatic carbocycles. The number of likely N-dealkylation sites (tertiary alicyclic amines) is 1. The highest BCUT2D eigenvalue weighted by Crippen LogP contribution is 2.30. The third-order valence-corrected chi connectivity index (χ3v) is 8.19. The second-order valence-electron chi connectivity index (χ2n) is 8.86. The highest BCUT2D eigenvalue weighted by atomic mass is 32.2. The monoisotopic (exact) mass is 433 g/mol. The van der Waals surface area contributed by atoms with Gasteiger partial charge in [-0.25, -0.2) is 13.1 Å². The molecule has 1 atom stereocenters. The molecule has 2 amide bonds. The Morgan fingerprint density at radius 2 is 1.57 bits per heavy atom. The highest BCUT2D eigenvalue weighted by Gasteiger charge is 2.38. The summed E-state index contributed by atoms with van der Waals surface area (Å²) >= 11 is 0. The first-order valence-corrected chi connectivity index (χ1v) is 12.6. The van der Waals surface area contributed by atoms with Crippen LogP contribution in [-0.4, -0.2) is 43.8 Å². The van der Waals surface area contributed by atoms with Gasteiger partial charge in [0.05, 0.1) is 10.8 Å². The van der Waals surface area contributed by atoms with E-state index in [0.717, 1.165) is 57.8 Å². The summed E-state index contributed by atoms with van der Waals surface area (Å²) in [4.78, 5) is 27.0. The van der Waals surface area contributed by atoms with Crippen molar-refractivity contribution in [2.24, 2.45) is 5.92 Å². The third-order valence-electron chi connectivity index (χ3n) is 6.65. The molecule has 3 fully saturated rings. The Morgan fingerprint density at radius 3 is 2.23 bits per heavy atom. The average molecular weight is 434 g/mol. The van der Waals surface area contributed by atoms with E-state index in [0.29, 0.717) is 12.2 Å². The van der Waals surface area contributed by atoms with E-state index < -0.39 is 10.0 Å². The van der Waals surface area contributed by atoms with Crippen LogP contribution in [0.5, 0.6) is 0 Å². The number of benzene rings is 1. The van der Waals surface area contributed by atoms with Crippen LogP contribution in [-0.2, 0) is 19.6 Å². The van der Waals surface area contributed by atoms with Crippen LogP contribution in [0.15, 0.2) is 29.2 Å². The first-order chi connectivity index (χ1) is 14.4. The Kier molecular flexibility index (Phi) is 6.43. The van der Waals surface area contributed by atoms with Crippen LogP contribution in [0, 0.1) is 5.92 Å². The van der Waals surface area contributed by atoms with Gasteiger partial charge in [0.1, 0.15) is 0 Å². The van der Waals surface area contributed by atoms with Gasteiger partial charge in [0.15, 0.2) is 0 Å². The van der Waals surface area contributed by atoms with E-state index >= 15 is 0 Å². The molecule has 1 aliphatic heterocycles. The van der Waals surface area contributed by atoms with Crippen LogP contribution in [0.3, 0.4) is 0 Å². The van der Waals surface area contributed by atoms with Crippen LogP contribution in [0.4, 0.5) is 5.69 Å². The molecule has 8 heteroatoms. The molecular weight excluding hydrogens is 402 g/mol. The minimum absolute atomic E-state index is 0.00541. The maximum atomic E-state index is 12.6. The number of anilines is 1. The lowest BCUT2D eigenvalue weighted by Crippen LogP contribution is -2.36. The quantitative estimate of drug-likeness (QED) is 0.721. The van der Waals surface area contributed by atoms with E-state index in [1.54, 1.807) is 12.1 Å². The smallest absolute Gasteiger partial charge is 0.240 e. The van der Waals surface area contributed by atoms with Crippen LogP contribution in [0.2, 0.25) is 0 Å². The van der Waals surface area contributed by atoms with Gasteiger partial charge in [0, 0.05) is 30.7 Å². The molecule has 164 valence electrons. The van der Waals surface area contributed by atoms with E-state index in [2.05, 4.69) is 10.0 Å². The molecule has 0 aromatic heterocycles.